The summed E-state index contributed by atoms with van der Waals surface area (Å²) in [6.07, 6.45) is 0.318. The minimum absolute atomic E-state index is 0.0130. The molecule has 0 aliphatic rings. The Labute approximate surface area is 113 Å². The van der Waals surface area contributed by atoms with Crippen molar-refractivity contribution in [2.24, 2.45) is 11.7 Å². The van der Waals surface area contributed by atoms with E-state index in [1.807, 2.05) is 37.3 Å². The second kappa shape index (κ2) is 7.66. The fourth-order valence-electron chi connectivity index (χ4n) is 1.23. The largest absolute Gasteiger partial charge is 0.493 e. The van der Waals surface area contributed by atoms with Gasteiger partial charge >= 0.3 is 0 Å². The summed E-state index contributed by atoms with van der Waals surface area (Å²) in [7, 11) is 0. The molecule has 1 aromatic carbocycles. The molecule has 0 bridgehead atoms. The molecular formula is C13H18N2O2S. The first-order valence-corrected chi connectivity index (χ1v) is 6.24. The van der Waals surface area contributed by atoms with E-state index in [1.54, 1.807) is 0 Å². The lowest BCUT2D eigenvalue weighted by Gasteiger charge is -2.11. The highest BCUT2D eigenvalue weighted by Gasteiger charge is 2.07. The highest BCUT2D eigenvalue weighted by molar-refractivity contribution is 7.80. The molecule has 5 heteroatoms. The fraction of sp³-hybridized carbons (Fsp3) is 0.385. The summed E-state index contributed by atoms with van der Waals surface area (Å²) in [5.74, 6) is 0.717. The Balaban J connectivity index is 2.16. The van der Waals surface area contributed by atoms with Crippen LogP contribution >= 0.6 is 12.2 Å². The van der Waals surface area contributed by atoms with Crippen molar-refractivity contribution >= 4 is 23.1 Å². The third-order valence-electron chi connectivity index (χ3n) is 2.43. The number of hydrogen-bond donors (Lipinski definition) is 2. The zero-order chi connectivity index (χ0) is 13.4. The third kappa shape index (κ3) is 5.63. The van der Waals surface area contributed by atoms with Gasteiger partial charge in [0.25, 0.3) is 0 Å². The van der Waals surface area contributed by atoms with Gasteiger partial charge in [-0.15, -0.1) is 0 Å². The molecule has 1 rings (SSSR count). The zero-order valence-corrected chi connectivity index (χ0v) is 11.2. The van der Waals surface area contributed by atoms with Crippen molar-refractivity contribution in [3.63, 3.8) is 0 Å². The van der Waals surface area contributed by atoms with Gasteiger partial charge in [-0.1, -0.05) is 37.3 Å². The molecule has 0 saturated carbocycles. The Morgan fingerprint density at radius 2 is 2.11 bits per heavy atom. The van der Waals surface area contributed by atoms with Crippen LogP contribution in [0.1, 0.15) is 13.3 Å². The number of hydrogen-bond acceptors (Lipinski definition) is 3. The van der Waals surface area contributed by atoms with Crippen LogP contribution in [0.15, 0.2) is 30.3 Å². The van der Waals surface area contributed by atoms with Crippen molar-refractivity contribution in [2.45, 2.75) is 13.3 Å². The van der Waals surface area contributed by atoms with E-state index >= 15 is 0 Å². The van der Waals surface area contributed by atoms with Crippen molar-refractivity contribution in [1.82, 2.24) is 5.32 Å². The smallest absolute Gasteiger partial charge is 0.223 e. The van der Waals surface area contributed by atoms with Crippen LogP contribution in [0.4, 0.5) is 0 Å². The van der Waals surface area contributed by atoms with Crippen LogP contribution in [-0.4, -0.2) is 24.0 Å². The first kappa shape index (κ1) is 14.4. The van der Waals surface area contributed by atoms with Gasteiger partial charge in [0.05, 0.1) is 18.0 Å². The van der Waals surface area contributed by atoms with E-state index in [-0.39, 0.29) is 11.8 Å². The van der Waals surface area contributed by atoms with E-state index < -0.39 is 0 Å². The first-order chi connectivity index (χ1) is 8.59. The molecule has 0 radical (unpaired) electrons. The van der Waals surface area contributed by atoms with Crippen LogP contribution in [0.2, 0.25) is 0 Å². The Bertz CT molecular complexity index is 395. The number of benzene rings is 1. The molecule has 0 aromatic heterocycles. The molecule has 0 heterocycles. The summed E-state index contributed by atoms with van der Waals surface area (Å²) in [6.45, 7) is 2.71. The van der Waals surface area contributed by atoms with Gasteiger partial charge in [0.15, 0.2) is 0 Å². The molecule has 98 valence electrons. The molecule has 0 fully saturated rings. The molecule has 1 aromatic rings. The molecule has 1 amide bonds. The lowest BCUT2D eigenvalue weighted by Crippen LogP contribution is -2.34. The number of rotatable bonds is 7. The zero-order valence-electron chi connectivity index (χ0n) is 10.4. The van der Waals surface area contributed by atoms with Gasteiger partial charge in [-0.2, -0.15) is 0 Å². The normalized spacial score (nSPS) is 11.6. The van der Waals surface area contributed by atoms with Crippen molar-refractivity contribution in [2.75, 3.05) is 13.2 Å². The van der Waals surface area contributed by atoms with Gasteiger partial charge in [-0.3, -0.25) is 4.79 Å². The molecule has 0 aliphatic heterocycles. The summed E-state index contributed by atoms with van der Waals surface area (Å²) in [5.41, 5.74) is 5.45. The summed E-state index contributed by atoms with van der Waals surface area (Å²) < 4.78 is 5.42. The molecular weight excluding hydrogens is 248 g/mol. The van der Waals surface area contributed by atoms with E-state index in [1.165, 1.54) is 0 Å². The number of nitrogens with two attached hydrogens (primary N) is 1. The van der Waals surface area contributed by atoms with Crippen molar-refractivity contribution in [3.05, 3.63) is 30.3 Å². The SMILES string of the molecule is CC(CNC(=O)CCOc1ccccc1)C(N)=S. The number of ether oxygens (including phenoxy) is 1. The van der Waals surface area contributed by atoms with Crippen LogP contribution in [0.3, 0.4) is 0 Å². The molecule has 1 atom stereocenters. The maximum absolute atomic E-state index is 11.5. The van der Waals surface area contributed by atoms with Crippen LogP contribution < -0.4 is 15.8 Å². The fourth-order valence-corrected chi connectivity index (χ4v) is 1.32. The van der Waals surface area contributed by atoms with E-state index in [0.717, 1.165) is 5.75 Å². The highest BCUT2D eigenvalue weighted by atomic mass is 32.1. The highest BCUT2D eigenvalue weighted by Crippen LogP contribution is 2.08. The van der Waals surface area contributed by atoms with E-state index in [0.29, 0.717) is 24.6 Å². The predicted molar refractivity (Wildman–Crippen MR) is 75.5 cm³/mol. The number of carbonyl (C=O) groups is 1. The van der Waals surface area contributed by atoms with Gasteiger partial charge in [0.1, 0.15) is 5.75 Å². The van der Waals surface area contributed by atoms with Crippen molar-refractivity contribution in [3.8, 4) is 5.75 Å². The number of nitrogens with one attached hydrogen (secondary N) is 1. The lowest BCUT2D eigenvalue weighted by atomic mass is 10.2. The third-order valence-corrected chi connectivity index (χ3v) is 2.83. The Morgan fingerprint density at radius 1 is 1.44 bits per heavy atom. The quantitative estimate of drug-likeness (QED) is 0.734. The standard InChI is InChI=1S/C13H18N2O2S/c1-10(13(14)18)9-15-12(16)7-8-17-11-5-3-2-4-6-11/h2-6,10H,7-9H2,1H3,(H2,14,18)(H,15,16). The van der Waals surface area contributed by atoms with Gasteiger partial charge in [-0.25, -0.2) is 0 Å². The number of para-hydroxylation sites is 1. The van der Waals surface area contributed by atoms with E-state index in [9.17, 15) is 4.79 Å². The van der Waals surface area contributed by atoms with Gasteiger partial charge in [0, 0.05) is 12.5 Å². The van der Waals surface area contributed by atoms with Gasteiger partial charge in [0.2, 0.25) is 5.91 Å². The molecule has 0 saturated heterocycles. The van der Waals surface area contributed by atoms with E-state index in [2.05, 4.69) is 5.32 Å². The maximum Gasteiger partial charge on any atom is 0.223 e. The second-order valence-electron chi connectivity index (χ2n) is 4.02. The number of amides is 1. The van der Waals surface area contributed by atoms with Crippen LogP contribution in [0.5, 0.6) is 5.75 Å². The summed E-state index contributed by atoms with van der Waals surface area (Å²) >= 11 is 4.82. The maximum atomic E-state index is 11.5. The molecule has 18 heavy (non-hydrogen) atoms. The second-order valence-corrected chi connectivity index (χ2v) is 4.49. The Hall–Kier alpha value is -1.62. The van der Waals surface area contributed by atoms with E-state index in [4.69, 9.17) is 22.7 Å². The predicted octanol–water partition coefficient (Wildman–Crippen LogP) is 1.49. The van der Waals surface area contributed by atoms with Crippen LogP contribution in [0.25, 0.3) is 0 Å². The molecule has 0 spiro atoms. The first-order valence-electron chi connectivity index (χ1n) is 5.83. The summed E-state index contributed by atoms with van der Waals surface area (Å²) in [4.78, 5) is 11.9. The minimum atomic E-state index is -0.0611. The van der Waals surface area contributed by atoms with Crippen molar-refractivity contribution in [1.29, 1.82) is 0 Å². The molecule has 3 N–H and O–H groups in total. The average molecular weight is 266 g/mol. The summed E-state index contributed by atoms with van der Waals surface area (Å²) in [6, 6.07) is 9.40. The monoisotopic (exact) mass is 266 g/mol. The minimum Gasteiger partial charge on any atom is -0.493 e. The molecule has 0 aliphatic carbocycles. The molecule has 1 unspecified atom stereocenters. The van der Waals surface area contributed by atoms with Crippen LogP contribution in [-0.2, 0) is 4.79 Å². The Morgan fingerprint density at radius 3 is 2.72 bits per heavy atom. The van der Waals surface area contributed by atoms with Crippen molar-refractivity contribution < 1.29 is 9.53 Å². The topological polar surface area (TPSA) is 64.3 Å². The molecule has 4 nitrogen and oxygen atoms in total. The van der Waals surface area contributed by atoms with Gasteiger partial charge < -0.3 is 15.8 Å². The number of carbonyl (C=O) groups excluding carboxylic acids is 1. The van der Waals surface area contributed by atoms with Gasteiger partial charge in [-0.05, 0) is 12.1 Å². The van der Waals surface area contributed by atoms with Crippen LogP contribution in [0, 0.1) is 5.92 Å². The Kier molecular flexibility index (Phi) is 6.14. The summed E-state index contributed by atoms with van der Waals surface area (Å²) in [5, 5.41) is 2.76. The lowest BCUT2D eigenvalue weighted by molar-refractivity contribution is -0.121. The number of thiocarbonyl (C=S) groups is 1. The average Bonchev–Trinajstić information content (AvgIpc) is 2.37.